The van der Waals surface area contributed by atoms with Gasteiger partial charge in [-0.05, 0) is 49.7 Å². The number of β-amino-alcohol motifs (C(OH)–C–C–N with tert-alkyl or cyclic N) is 1. The number of nitrogens with zero attached hydrogens (tertiary/aromatic N) is 2. The van der Waals surface area contributed by atoms with Crippen LogP contribution in [0.4, 0.5) is 5.69 Å². The van der Waals surface area contributed by atoms with Crippen molar-refractivity contribution in [3.63, 3.8) is 0 Å². The van der Waals surface area contributed by atoms with Crippen LogP contribution in [0.3, 0.4) is 0 Å². The van der Waals surface area contributed by atoms with Crippen molar-refractivity contribution in [3.8, 4) is 0 Å². The van der Waals surface area contributed by atoms with Crippen molar-refractivity contribution in [1.29, 1.82) is 0 Å². The molecule has 6 heteroatoms. The lowest BCUT2D eigenvalue weighted by molar-refractivity contribution is 0.173. The average Bonchev–Trinajstić information content (AvgIpc) is 3.02. The van der Waals surface area contributed by atoms with Gasteiger partial charge in [0.2, 0.25) is 0 Å². The Morgan fingerprint density at radius 1 is 0.929 bits per heavy atom. The van der Waals surface area contributed by atoms with Gasteiger partial charge in [0.1, 0.15) is 0 Å². The molecule has 1 N–H and O–H groups in total. The van der Waals surface area contributed by atoms with Crippen molar-refractivity contribution >= 4 is 15.5 Å². The number of para-hydroxylation sites is 1. The molecular formula is C22H28N2O3S. The molecule has 4 rings (SSSR count). The van der Waals surface area contributed by atoms with E-state index in [0.717, 1.165) is 32.5 Å². The molecule has 0 aromatic heterocycles. The Bertz CT molecular complexity index is 906. The van der Waals surface area contributed by atoms with E-state index < -0.39 is 9.84 Å². The quantitative estimate of drug-likeness (QED) is 0.806. The zero-order valence-electron chi connectivity index (χ0n) is 16.1. The van der Waals surface area contributed by atoms with Crippen molar-refractivity contribution in [2.24, 2.45) is 0 Å². The van der Waals surface area contributed by atoms with Gasteiger partial charge in [-0.25, -0.2) is 8.42 Å². The number of aliphatic hydroxyl groups is 1. The number of sulfone groups is 1. The molecule has 0 radical (unpaired) electrons. The maximum absolute atomic E-state index is 12.5. The third-order valence-corrected chi connectivity index (χ3v) is 7.98. The van der Waals surface area contributed by atoms with Gasteiger partial charge in [-0.3, -0.25) is 0 Å². The number of rotatable bonds is 6. The van der Waals surface area contributed by atoms with Crippen molar-refractivity contribution < 1.29 is 13.5 Å². The van der Waals surface area contributed by atoms with E-state index in [1.165, 1.54) is 11.3 Å². The minimum absolute atomic E-state index is 0.126. The highest BCUT2D eigenvalue weighted by Crippen LogP contribution is 2.46. The SMILES string of the molecule is O=S(=O)(CCN1CCC2(CC1)CN(CCO)c1ccccc12)c1ccccc1. The van der Waals surface area contributed by atoms with E-state index in [1.807, 2.05) is 6.07 Å². The highest BCUT2D eigenvalue weighted by atomic mass is 32.2. The van der Waals surface area contributed by atoms with E-state index in [4.69, 9.17) is 0 Å². The maximum atomic E-state index is 12.5. The zero-order valence-corrected chi connectivity index (χ0v) is 16.9. The lowest BCUT2D eigenvalue weighted by atomic mass is 9.74. The van der Waals surface area contributed by atoms with Crippen LogP contribution in [0.25, 0.3) is 0 Å². The first-order valence-electron chi connectivity index (χ1n) is 10.00. The third kappa shape index (κ3) is 3.69. The van der Waals surface area contributed by atoms with Crippen LogP contribution in [-0.4, -0.2) is 63.5 Å². The second-order valence-electron chi connectivity index (χ2n) is 7.92. The molecule has 1 fully saturated rings. The van der Waals surface area contributed by atoms with Gasteiger partial charge in [-0.15, -0.1) is 0 Å². The number of piperidine rings is 1. The standard InChI is InChI=1S/C22H28N2O3S/c25-16-14-24-18-22(20-8-4-5-9-21(20)24)10-12-23(13-11-22)15-17-28(26,27)19-6-2-1-3-7-19/h1-9,25H,10-18H2. The topological polar surface area (TPSA) is 60.9 Å². The largest absolute Gasteiger partial charge is 0.395 e. The molecule has 0 amide bonds. The Morgan fingerprint density at radius 2 is 1.61 bits per heavy atom. The molecular weight excluding hydrogens is 372 g/mol. The fourth-order valence-electron chi connectivity index (χ4n) is 4.68. The van der Waals surface area contributed by atoms with Gasteiger partial charge in [0.25, 0.3) is 0 Å². The molecule has 5 nitrogen and oxygen atoms in total. The summed E-state index contributed by atoms with van der Waals surface area (Å²) in [6.07, 6.45) is 2.05. The molecule has 150 valence electrons. The number of aliphatic hydroxyl groups excluding tert-OH is 1. The van der Waals surface area contributed by atoms with Crippen LogP contribution in [0.2, 0.25) is 0 Å². The first kappa shape index (κ1) is 19.4. The van der Waals surface area contributed by atoms with Crippen molar-refractivity contribution in [2.75, 3.05) is 50.0 Å². The third-order valence-electron chi connectivity index (χ3n) is 6.27. The van der Waals surface area contributed by atoms with Crippen LogP contribution in [0, 0.1) is 0 Å². The molecule has 2 aromatic rings. The second kappa shape index (κ2) is 7.85. The summed E-state index contributed by atoms with van der Waals surface area (Å²) in [4.78, 5) is 4.99. The average molecular weight is 401 g/mol. The molecule has 2 aliphatic heterocycles. The lowest BCUT2D eigenvalue weighted by Crippen LogP contribution is -2.46. The number of fused-ring (bicyclic) bond motifs is 2. The lowest BCUT2D eigenvalue weighted by Gasteiger charge is -2.40. The van der Waals surface area contributed by atoms with Gasteiger partial charge in [0, 0.05) is 30.7 Å². The number of benzene rings is 2. The van der Waals surface area contributed by atoms with E-state index in [0.29, 0.717) is 18.0 Å². The number of hydrogen-bond donors (Lipinski definition) is 1. The molecule has 0 bridgehead atoms. The molecule has 2 aromatic carbocycles. The fraction of sp³-hybridized carbons (Fsp3) is 0.455. The van der Waals surface area contributed by atoms with E-state index in [-0.39, 0.29) is 17.8 Å². The van der Waals surface area contributed by atoms with Gasteiger partial charge >= 0.3 is 0 Å². The smallest absolute Gasteiger partial charge is 0.179 e. The van der Waals surface area contributed by atoms with Crippen molar-refractivity contribution in [1.82, 2.24) is 4.90 Å². The van der Waals surface area contributed by atoms with Crippen LogP contribution < -0.4 is 4.90 Å². The van der Waals surface area contributed by atoms with Gasteiger partial charge < -0.3 is 14.9 Å². The summed E-state index contributed by atoms with van der Waals surface area (Å²) in [5, 5.41) is 9.41. The van der Waals surface area contributed by atoms with Crippen LogP contribution >= 0.6 is 0 Å². The van der Waals surface area contributed by atoms with E-state index in [2.05, 4.69) is 34.1 Å². The monoisotopic (exact) mass is 400 g/mol. The molecule has 0 atom stereocenters. The Kier molecular flexibility index (Phi) is 5.45. The fourth-order valence-corrected chi connectivity index (χ4v) is 5.99. The highest BCUT2D eigenvalue weighted by Gasteiger charge is 2.44. The molecule has 0 saturated carbocycles. The summed E-state index contributed by atoms with van der Waals surface area (Å²) in [5.74, 6) is 0.164. The summed E-state index contributed by atoms with van der Waals surface area (Å²) in [7, 11) is -3.23. The highest BCUT2D eigenvalue weighted by molar-refractivity contribution is 7.91. The van der Waals surface area contributed by atoms with Crippen LogP contribution in [0.5, 0.6) is 0 Å². The number of hydrogen-bond acceptors (Lipinski definition) is 5. The molecule has 0 unspecified atom stereocenters. The Balaban J connectivity index is 1.40. The first-order chi connectivity index (χ1) is 13.5. The van der Waals surface area contributed by atoms with Gasteiger partial charge in [0.15, 0.2) is 9.84 Å². The Labute approximate surface area is 167 Å². The minimum atomic E-state index is -3.23. The van der Waals surface area contributed by atoms with Gasteiger partial charge in [0.05, 0.1) is 17.3 Å². The van der Waals surface area contributed by atoms with Crippen molar-refractivity contribution in [3.05, 3.63) is 60.2 Å². The molecule has 2 aliphatic rings. The van der Waals surface area contributed by atoms with E-state index in [9.17, 15) is 13.5 Å². The van der Waals surface area contributed by atoms with Crippen LogP contribution in [0.1, 0.15) is 18.4 Å². The molecule has 28 heavy (non-hydrogen) atoms. The Morgan fingerprint density at radius 3 is 2.32 bits per heavy atom. The summed E-state index contributed by atoms with van der Waals surface area (Å²) < 4.78 is 25.1. The van der Waals surface area contributed by atoms with Gasteiger partial charge in [-0.1, -0.05) is 36.4 Å². The number of likely N-dealkylation sites (tertiary alicyclic amines) is 1. The maximum Gasteiger partial charge on any atom is 0.179 e. The second-order valence-corrected chi connectivity index (χ2v) is 10.0. The van der Waals surface area contributed by atoms with E-state index in [1.54, 1.807) is 24.3 Å². The Hall–Kier alpha value is -1.89. The normalized spacial score (nSPS) is 19.1. The summed E-state index contributed by atoms with van der Waals surface area (Å²) in [6, 6.07) is 17.3. The summed E-state index contributed by atoms with van der Waals surface area (Å²) in [5.41, 5.74) is 2.76. The predicted octanol–water partition coefficient (Wildman–Crippen LogP) is 2.31. The first-order valence-corrected chi connectivity index (χ1v) is 11.6. The number of anilines is 1. The molecule has 1 saturated heterocycles. The zero-order chi connectivity index (χ0) is 19.6. The molecule has 0 aliphatic carbocycles. The molecule has 2 heterocycles. The molecule has 1 spiro atoms. The summed E-state index contributed by atoms with van der Waals surface area (Å²) in [6.45, 7) is 4.17. The van der Waals surface area contributed by atoms with Crippen LogP contribution in [0.15, 0.2) is 59.5 Å². The van der Waals surface area contributed by atoms with Gasteiger partial charge in [-0.2, -0.15) is 0 Å². The van der Waals surface area contributed by atoms with Crippen molar-refractivity contribution in [2.45, 2.75) is 23.2 Å². The van der Waals surface area contributed by atoms with Crippen LogP contribution in [-0.2, 0) is 15.3 Å². The minimum Gasteiger partial charge on any atom is -0.395 e. The van der Waals surface area contributed by atoms with E-state index >= 15 is 0 Å². The summed E-state index contributed by atoms with van der Waals surface area (Å²) >= 11 is 0. The predicted molar refractivity (Wildman–Crippen MR) is 112 cm³/mol.